The Morgan fingerprint density at radius 2 is 1.19 bits per heavy atom. The van der Waals surface area contributed by atoms with Crippen LogP contribution in [0.2, 0.25) is 0 Å². The summed E-state index contributed by atoms with van der Waals surface area (Å²) in [7, 11) is -0.865. The molecule has 0 atom stereocenters. The lowest BCUT2D eigenvalue weighted by Gasteiger charge is -2.13. The van der Waals surface area contributed by atoms with E-state index in [2.05, 4.69) is 13.2 Å². The zero-order valence-electron chi connectivity index (χ0n) is 12.3. The van der Waals surface area contributed by atoms with E-state index in [0.717, 1.165) is 32.6 Å². The lowest BCUT2D eigenvalue weighted by atomic mass is 10.1. The van der Waals surface area contributed by atoms with E-state index < -0.39 is 9.52 Å². The minimum absolute atomic E-state index is 0.259. The van der Waals surface area contributed by atoms with Crippen molar-refractivity contribution in [2.45, 2.75) is 13.8 Å². The first-order chi connectivity index (χ1) is 9.88. The molecule has 0 saturated heterocycles. The Morgan fingerprint density at radius 3 is 1.52 bits per heavy atom. The summed E-state index contributed by atoms with van der Waals surface area (Å²) in [6.07, 6.45) is 0. The van der Waals surface area contributed by atoms with Crippen molar-refractivity contribution >= 4 is 31.0 Å². The van der Waals surface area contributed by atoms with Gasteiger partial charge in [-0.15, -0.1) is 0 Å². The van der Waals surface area contributed by atoms with Crippen LogP contribution < -0.4 is 10.4 Å². The van der Waals surface area contributed by atoms with E-state index in [1.165, 1.54) is 24.3 Å². The Balaban J connectivity index is 2.48. The van der Waals surface area contributed by atoms with Crippen LogP contribution in [0.5, 0.6) is 0 Å². The zero-order chi connectivity index (χ0) is 15.6. The molecule has 0 heterocycles. The maximum atomic E-state index is 13.4. The van der Waals surface area contributed by atoms with Crippen molar-refractivity contribution in [2.24, 2.45) is 0 Å². The highest BCUT2D eigenvalue weighted by Crippen LogP contribution is 2.13. The third kappa shape index (κ3) is 3.55. The average Bonchev–Trinajstić information content (AvgIpc) is 2.42. The standard InChI is InChI=1S/C18H18F2Si/c1-11(2)15-9-13(19)5-7-17(15)21-18-8-6-14(20)10-16(18)12(3)4/h5-10H,1,3,21H2,2,4H3. The molecule has 21 heavy (non-hydrogen) atoms. The van der Waals surface area contributed by atoms with Gasteiger partial charge in [0.25, 0.3) is 0 Å². The zero-order valence-corrected chi connectivity index (χ0v) is 13.8. The monoisotopic (exact) mass is 300 g/mol. The summed E-state index contributed by atoms with van der Waals surface area (Å²) in [6.45, 7) is 11.6. The molecule has 0 bridgehead atoms. The SMILES string of the molecule is C=C(C)c1cc(F)ccc1[SiH2]c1ccc(F)cc1C(=C)C. The highest BCUT2D eigenvalue weighted by Gasteiger charge is 2.11. The smallest absolute Gasteiger partial charge is 0.123 e. The second-order valence-electron chi connectivity index (χ2n) is 5.34. The Labute approximate surface area is 126 Å². The molecule has 0 aliphatic heterocycles. The molecule has 0 spiro atoms. The molecule has 0 radical (unpaired) electrons. The van der Waals surface area contributed by atoms with Crippen LogP contribution in [0.15, 0.2) is 49.6 Å². The second-order valence-corrected chi connectivity index (χ2v) is 7.22. The van der Waals surface area contributed by atoms with Crippen LogP contribution in [-0.4, -0.2) is 9.52 Å². The molecule has 2 rings (SSSR count). The summed E-state index contributed by atoms with van der Waals surface area (Å²) in [5, 5.41) is 2.22. The van der Waals surface area contributed by atoms with Gasteiger partial charge in [0, 0.05) is 0 Å². The molecule has 2 aromatic rings. The Bertz CT molecular complexity index is 656. The normalized spacial score (nSPS) is 10.5. The van der Waals surface area contributed by atoms with Gasteiger partial charge in [-0.2, -0.15) is 0 Å². The number of rotatable bonds is 4. The predicted molar refractivity (Wildman–Crippen MR) is 90.0 cm³/mol. The quantitative estimate of drug-likeness (QED) is 0.761. The van der Waals surface area contributed by atoms with Crippen LogP contribution in [-0.2, 0) is 0 Å². The highest BCUT2D eigenvalue weighted by atomic mass is 28.2. The van der Waals surface area contributed by atoms with Gasteiger partial charge in [-0.25, -0.2) is 8.78 Å². The first kappa shape index (κ1) is 15.4. The molecule has 0 unspecified atom stereocenters. The number of benzene rings is 2. The summed E-state index contributed by atoms with van der Waals surface area (Å²) in [5.74, 6) is -0.519. The third-order valence-electron chi connectivity index (χ3n) is 3.44. The lowest BCUT2D eigenvalue weighted by Crippen LogP contribution is -2.32. The van der Waals surface area contributed by atoms with Crippen LogP contribution in [0, 0.1) is 11.6 Å². The van der Waals surface area contributed by atoms with E-state index in [4.69, 9.17) is 0 Å². The average molecular weight is 300 g/mol. The predicted octanol–water partition coefficient (Wildman–Crippen LogP) is 3.15. The minimum Gasteiger partial charge on any atom is -0.207 e. The summed E-state index contributed by atoms with van der Waals surface area (Å²) < 4.78 is 26.8. The van der Waals surface area contributed by atoms with Gasteiger partial charge >= 0.3 is 0 Å². The first-order valence-electron chi connectivity index (χ1n) is 6.77. The maximum Gasteiger partial charge on any atom is 0.123 e. The van der Waals surface area contributed by atoms with Crippen LogP contribution in [0.3, 0.4) is 0 Å². The number of halogens is 2. The summed E-state index contributed by atoms with van der Waals surface area (Å²) in [5.41, 5.74) is 3.41. The van der Waals surface area contributed by atoms with Crippen molar-refractivity contribution in [2.75, 3.05) is 0 Å². The van der Waals surface area contributed by atoms with Gasteiger partial charge < -0.3 is 0 Å². The Hall–Kier alpha value is -2.00. The molecule has 0 saturated carbocycles. The van der Waals surface area contributed by atoms with Gasteiger partial charge in [-0.1, -0.05) is 46.8 Å². The van der Waals surface area contributed by atoms with E-state index in [-0.39, 0.29) is 11.6 Å². The molecular formula is C18H18F2Si. The topological polar surface area (TPSA) is 0 Å². The molecule has 0 aliphatic carbocycles. The van der Waals surface area contributed by atoms with E-state index >= 15 is 0 Å². The van der Waals surface area contributed by atoms with Crippen molar-refractivity contribution in [3.8, 4) is 0 Å². The molecule has 0 nitrogen and oxygen atoms in total. The van der Waals surface area contributed by atoms with Crippen LogP contribution in [0.25, 0.3) is 11.1 Å². The van der Waals surface area contributed by atoms with Crippen LogP contribution in [0.4, 0.5) is 8.78 Å². The maximum absolute atomic E-state index is 13.4. The first-order valence-corrected chi connectivity index (χ1v) is 8.18. The van der Waals surface area contributed by atoms with Crippen LogP contribution in [0.1, 0.15) is 25.0 Å². The van der Waals surface area contributed by atoms with E-state index in [1.807, 2.05) is 26.0 Å². The fourth-order valence-electron chi connectivity index (χ4n) is 2.41. The number of hydrogen-bond acceptors (Lipinski definition) is 0. The van der Waals surface area contributed by atoms with Gasteiger partial charge in [-0.05, 0) is 49.2 Å². The van der Waals surface area contributed by atoms with E-state index in [9.17, 15) is 8.78 Å². The number of hydrogen-bond donors (Lipinski definition) is 0. The summed E-state index contributed by atoms with van der Waals surface area (Å²) in [4.78, 5) is 0. The van der Waals surface area contributed by atoms with Gasteiger partial charge in [0.1, 0.15) is 11.6 Å². The molecule has 3 heteroatoms. The lowest BCUT2D eigenvalue weighted by molar-refractivity contribution is 0.627. The molecule has 0 aliphatic rings. The Morgan fingerprint density at radius 1 is 0.810 bits per heavy atom. The number of allylic oxidation sites excluding steroid dienone is 2. The second kappa shape index (κ2) is 6.18. The van der Waals surface area contributed by atoms with E-state index in [1.54, 1.807) is 0 Å². The summed E-state index contributed by atoms with van der Waals surface area (Å²) in [6, 6.07) is 9.62. The fraction of sp³-hybridized carbons (Fsp3) is 0.111. The van der Waals surface area contributed by atoms with Crippen molar-refractivity contribution in [3.05, 3.63) is 72.3 Å². The Kier molecular flexibility index (Phi) is 4.53. The van der Waals surface area contributed by atoms with Crippen LogP contribution >= 0.6 is 0 Å². The van der Waals surface area contributed by atoms with Gasteiger partial charge in [-0.3, -0.25) is 0 Å². The largest absolute Gasteiger partial charge is 0.207 e. The van der Waals surface area contributed by atoms with Crippen molar-refractivity contribution in [3.63, 3.8) is 0 Å². The molecule has 2 aromatic carbocycles. The molecular weight excluding hydrogens is 282 g/mol. The minimum atomic E-state index is -0.865. The molecule has 0 fully saturated rings. The van der Waals surface area contributed by atoms with Gasteiger partial charge in [0.05, 0.1) is 9.52 Å². The van der Waals surface area contributed by atoms with Crippen molar-refractivity contribution in [1.29, 1.82) is 0 Å². The molecule has 0 N–H and O–H groups in total. The van der Waals surface area contributed by atoms with Gasteiger partial charge in [0.15, 0.2) is 0 Å². The van der Waals surface area contributed by atoms with E-state index in [0.29, 0.717) is 0 Å². The fourth-order valence-corrected chi connectivity index (χ4v) is 4.48. The molecule has 108 valence electrons. The van der Waals surface area contributed by atoms with Crippen molar-refractivity contribution < 1.29 is 8.78 Å². The van der Waals surface area contributed by atoms with Crippen molar-refractivity contribution in [1.82, 2.24) is 0 Å². The highest BCUT2D eigenvalue weighted by molar-refractivity contribution is 6.69. The summed E-state index contributed by atoms with van der Waals surface area (Å²) >= 11 is 0. The molecule has 0 amide bonds. The molecule has 0 aromatic heterocycles. The van der Waals surface area contributed by atoms with Gasteiger partial charge in [0.2, 0.25) is 0 Å². The third-order valence-corrected chi connectivity index (χ3v) is 5.44.